The summed E-state index contributed by atoms with van der Waals surface area (Å²) < 4.78 is 0. The molecule has 70 valence electrons. The first-order chi connectivity index (χ1) is 6.42. The lowest BCUT2D eigenvalue weighted by Crippen LogP contribution is -2.22. The zero-order valence-electron chi connectivity index (χ0n) is 8.11. The molecular weight excluding hydrogens is 160 g/mol. The van der Waals surface area contributed by atoms with Gasteiger partial charge in [-0.2, -0.15) is 0 Å². The van der Waals surface area contributed by atoms with Crippen LogP contribution in [0.4, 0.5) is 0 Å². The van der Waals surface area contributed by atoms with Crippen LogP contribution in [0.2, 0.25) is 0 Å². The Balaban J connectivity index is 2.16. The van der Waals surface area contributed by atoms with Gasteiger partial charge in [0.1, 0.15) is 0 Å². The second-order valence-corrected chi connectivity index (χ2v) is 3.57. The largest absolute Gasteiger partial charge is 0.297 e. The molecule has 0 unspecified atom stereocenters. The average molecular weight is 176 g/mol. The average Bonchev–Trinajstić information content (AvgIpc) is 2.67. The predicted molar refractivity (Wildman–Crippen MR) is 53.5 cm³/mol. The van der Waals surface area contributed by atoms with E-state index in [1.165, 1.54) is 24.9 Å². The fourth-order valence-electron chi connectivity index (χ4n) is 2.16. The van der Waals surface area contributed by atoms with Crippen LogP contribution in [0.5, 0.6) is 0 Å². The Kier molecular flexibility index (Phi) is 2.60. The van der Waals surface area contributed by atoms with Crippen LogP contribution in [0.15, 0.2) is 24.5 Å². The number of hydrogen-bond donors (Lipinski definition) is 0. The van der Waals surface area contributed by atoms with Gasteiger partial charge in [0.05, 0.1) is 0 Å². The van der Waals surface area contributed by atoms with Crippen LogP contribution >= 0.6 is 0 Å². The van der Waals surface area contributed by atoms with Crippen LogP contribution in [-0.2, 0) is 0 Å². The van der Waals surface area contributed by atoms with Crippen molar-refractivity contribution in [2.24, 2.45) is 0 Å². The lowest BCUT2D eigenvalue weighted by Gasteiger charge is -2.22. The fraction of sp³-hybridized carbons (Fsp3) is 0.545. The van der Waals surface area contributed by atoms with Crippen molar-refractivity contribution in [1.82, 2.24) is 9.88 Å². The minimum absolute atomic E-state index is 0.624. The number of pyridine rings is 1. The van der Waals surface area contributed by atoms with E-state index in [9.17, 15) is 0 Å². The highest BCUT2D eigenvalue weighted by Gasteiger charge is 2.24. The smallest absolute Gasteiger partial charge is 0.0363 e. The van der Waals surface area contributed by atoms with Crippen LogP contribution in [0.3, 0.4) is 0 Å². The van der Waals surface area contributed by atoms with E-state index in [1.54, 1.807) is 0 Å². The first-order valence-corrected chi connectivity index (χ1v) is 5.06. The van der Waals surface area contributed by atoms with Crippen molar-refractivity contribution < 1.29 is 0 Å². The molecule has 0 aliphatic carbocycles. The highest BCUT2D eigenvalue weighted by atomic mass is 15.2. The Hall–Kier alpha value is -0.890. The van der Waals surface area contributed by atoms with Crippen molar-refractivity contribution in [3.63, 3.8) is 0 Å². The number of rotatable bonds is 2. The van der Waals surface area contributed by atoms with Crippen molar-refractivity contribution >= 4 is 0 Å². The summed E-state index contributed by atoms with van der Waals surface area (Å²) in [6.45, 7) is 4.63. The molecule has 0 spiro atoms. The molecule has 2 rings (SSSR count). The van der Waals surface area contributed by atoms with Gasteiger partial charge in [0.25, 0.3) is 0 Å². The van der Waals surface area contributed by atoms with Crippen molar-refractivity contribution in [3.05, 3.63) is 30.1 Å². The van der Waals surface area contributed by atoms with Crippen molar-refractivity contribution in [3.8, 4) is 0 Å². The van der Waals surface area contributed by atoms with Gasteiger partial charge in [-0.1, -0.05) is 13.0 Å². The van der Waals surface area contributed by atoms with Crippen molar-refractivity contribution in [2.45, 2.75) is 25.8 Å². The summed E-state index contributed by atoms with van der Waals surface area (Å²) in [5.74, 6) is 0. The molecule has 13 heavy (non-hydrogen) atoms. The predicted octanol–water partition coefficient (Wildman–Crippen LogP) is 2.24. The molecule has 0 saturated carbocycles. The molecule has 0 radical (unpaired) electrons. The minimum atomic E-state index is 0.624. The molecule has 1 fully saturated rings. The lowest BCUT2D eigenvalue weighted by atomic mass is 10.1. The summed E-state index contributed by atoms with van der Waals surface area (Å²) in [6, 6.07) is 4.84. The van der Waals surface area contributed by atoms with Gasteiger partial charge in [0.2, 0.25) is 0 Å². The molecule has 0 N–H and O–H groups in total. The van der Waals surface area contributed by atoms with E-state index in [2.05, 4.69) is 22.9 Å². The van der Waals surface area contributed by atoms with Crippen LogP contribution in [0.25, 0.3) is 0 Å². The maximum absolute atomic E-state index is 4.17. The molecule has 2 heterocycles. The third-order valence-corrected chi connectivity index (χ3v) is 2.84. The highest BCUT2D eigenvalue weighted by molar-refractivity contribution is 5.15. The number of aromatic nitrogens is 1. The van der Waals surface area contributed by atoms with E-state index in [1.807, 2.05) is 18.5 Å². The number of hydrogen-bond acceptors (Lipinski definition) is 2. The van der Waals surface area contributed by atoms with Crippen LogP contribution in [0, 0.1) is 0 Å². The normalized spacial score (nSPS) is 23.6. The zero-order valence-corrected chi connectivity index (χ0v) is 8.11. The molecule has 1 aromatic heterocycles. The van der Waals surface area contributed by atoms with Crippen molar-refractivity contribution in [2.75, 3.05) is 13.1 Å². The minimum Gasteiger partial charge on any atom is -0.297 e. The quantitative estimate of drug-likeness (QED) is 0.687. The van der Waals surface area contributed by atoms with Crippen molar-refractivity contribution in [1.29, 1.82) is 0 Å². The van der Waals surface area contributed by atoms with E-state index in [0.717, 1.165) is 6.54 Å². The number of nitrogens with zero attached hydrogens (tertiary/aromatic N) is 2. The summed E-state index contributed by atoms with van der Waals surface area (Å²) in [5.41, 5.74) is 1.38. The maximum Gasteiger partial charge on any atom is 0.0363 e. The SMILES string of the molecule is CCN1CCC[C@@H]1c1cccnc1. The fourth-order valence-corrected chi connectivity index (χ4v) is 2.16. The van der Waals surface area contributed by atoms with E-state index in [4.69, 9.17) is 0 Å². The molecule has 2 nitrogen and oxygen atoms in total. The summed E-state index contributed by atoms with van der Waals surface area (Å²) in [5, 5.41) is 0. The molecule has 2 heteroatoms. The van der Waals surface area contributed by atoms with Gasteiger partial charge in [-0.05, 0) is 37.6 Å². The first-order valence-electron chi connectivity index (χ1n) is 5.06. The molecule has 1 aliphatic heterocycles. The third kappa shape index (κ3) is 1.73. The molecule has 1 aliphatic rings. The zero-order chi connectivity index (χ0) is 9.10. The number of likely N-dealkylation sites (tertiary alicyclic amines) is 1. The molecule has 0 bridgehead atoms. The van der Waals surface area contributed by atoms with Gasteiger partial charge in [0, 0.05) is 18.4 Å². The second-order valence-electron chi connectivity index (χ2n) is 3.57. The van der Waals surface area contributed by atoms with Gasteiger partial charge >= 0.3 is 0 Å². The summed E-state index contributed by atoms with van der Waals surface area (Å²) >= 11 is 0. The Morgan fingerprint density at radius 3 is 3.23 bits per heavy atom. The molecule has 1 atom stereocenters. The van der Waals surface area contributed by atoms with Crippen LogP contribution < -0.4 is 0 Å². The molecule has 0 aromatic carbocycles. The molecule has 0 amide bonds. The Bertz CT molecular complexity index is 258. The van der Waals surface area contributed by atoms with E-state index in [-0.39, 0.29) is 0 Å². The maximum atomic E-state index is 4.17. The van der Waals surface area contributed by atoms with E-state index in [0.29, 0.717) is 6.04 Å². The Morgan fingerprint density at radius 1 is 1.62 bits per heavy atom. The van der Waals surface area contributed by atoms with Gasteiger partial charge in [-0.15, -0.1) is 0 Å². The summed E-state index contributed by atoms with van der Waals surface area (Å²) in [7, 11) is 0. The second kappa shape index (κ2) is 3.88. The van der Waals surface area contributed by atoms with E-state index < -0.39 is 0 Å². The van der Waals surface area contributed by atoms with Crippen LogP contribution in [0.1, 0.15) is 31.4 Å². The summed E-state index contributed by atoms with van der Waals surface area (Å²) in [6.07, 6.45) is 6.46. The highest BCUT2D eigenvalue weighted by Crippen LogP contribution is 2.30. The molecular formula is C11H16N2. The first kappa shape index (κ1) is 8.70. The standard InChI is InChI=1S/C11H16N2/c1-2-13-8-4-6-11(13)10-5-3-7-12-9-10/h3,5,7,9,11H,2,4,6,8H2,1H3/t11-/m1/s1. The van der Waals surface area contributed by atoms with Gasteiger partial charge in [-0.3, -0.25) is 9.88 Å². The van der Waals surface area contributed by atoms with Gasteiger partial charge in [-0.25, -0.2) is 0 Å². The third-order valence-electron chi connectivity index (χ3n) is 2.84. The monoisotopic (exact) mass is 176 g/mol. The van der Waals surface area contributed by atoms with Gasteiger partial charge in [0.15, 0.2) is 0 Å². The van der Waals surface area contributed by atoms with Gasteiger partial charge < -0.3 is 0 Å². The van der Waals surface area contributed by atoms with E-state index >= 15 is 0 Å². The molecule has 1 aromatic rings. The molecule has 1 saturated heterocycles. The lowest BCUT2D eigenvalue weighted by molar-refractivity contribution is 0.271. The Labute approximate surface area is 79.6 Å². The van der Waals surface area contributed by atoms with Crippen LogP contribution in [-0.4, -0.2) is 23.0 Å². The Morgan fingerprint density at radius 2 is 2.54 bits per heavy atom. The topological polar surface area (TPSA) is 16.1 Å². The summed E-state index contributed by atoms with van der Waals surface area (Å²) in [4.78, 5) is 6.70.